The zero-order chi connectivity index (χ0) is 11.3. The summed E-state index contributed by atoms with van der Waals surface area (Å²) in [5, 5.41) is 9.38. The minimum Gasteiger partial charge on any atom is -0.478 e. The molecular weight excluding hydrogens is 208 g/mol. The molecule has 1 N–H and O–H groups in total. The number of hydrogen-bond acceptors (Lipinski definition) is 2. The summed E-state index contributed by atoms with van der Waals surface area (Å²) in [7, 11) is 0. The third kappa shape index (κ3) is 3.96. The van der Waals surface area contributed by atoms with Gasteiger partial charge in [0, 0.05) is 10.1 Å². The maximum Gasteiger partial charge on any atom is 0.335 e. The van der Waals surface area contributed by atoms with E-state index in [1.54, 1.807) is 30.0 Å². The van der Waals surface area contributed by atoms with E-state index < -0.39 is 5.97 Å². The van der Waals surface area contributed by atoms with Crippen LogP contribution >= 0.6 is 11.8 Å². The first-order valence-corrected chi connectivity index (χ1v) is 6.01. The molecule has 0 saturated heterocycles. The Kier molecular flexibility index (Phi) is 4.69. The molecule has 0 saturated carbocycles. The molecule has 0 spiro atoms. The van der Waals surface area contributed by atoms with Crippen LogP contribution in [0.4, 0.5) is 0 Å². The smallest absolute Gasteiger partial charge is 0.335 e. The molecule has 0 aliphatic heterocycles. The minimum absolute atomic E-state index is 0.365. The van der Waals surface area contributed by atoms with E-state index in [-0.39, 0.29) is 0 Å². The van der Waals surface area contributed by atoms with E-state index in [9.17, 15) is 4.79 Å². The lowest BCUT2D eigenvalue weighted by molar-refractivity contribution is 0.0696. The first-order chi connectivity index (χ1) is 7.13. The summed E-state index contributed by atoms with van der Waals surface area (Å²) in [6.45, 7) is 4.33. The summed E-state index contributed by atoms with van der Waals surface area (Å²) in [6, 6.07) is 7.11. The van der Waals surface area contributed by atoms with Gasteiger partial charge in [0.1, 0.15) is 0 Å². The zero-order valence-corrected chi connectivity index (χ0v) is 9.88. The van der Waals surface area contributed by atoms with Crippen molar-refractivity contribution in [3.8, 4) is 0 Å². The predicted molar refractivity (Wildman–Crippen MR) is 63.6 cm³/mol. The Morgan fingerprint density at radius 3 is 2.87 bits per heavy atom. The number of hydrogen-bond donors (Lipinski definition) is 1. The van der Waals surface area contributed by atoms with Crippen molar-refractivity contribution in [1.29, 1.82) is 0 Å². The second-order valence-corrected chi connectivity index (χ2v) is 5.06. The second-order valence-electron chi connectivity index (χ2n) is 3.55. The molecule has 0 aliphatic carbocycles. The molecule has 15 heavy (non-hydrogen) atoms. The number of benzene rings is 1. The molecule has 0 aromatic heterocycles. The van der Waals surface area contributed by atoms with Gasteiger partial charge in [0.25, 0.3) is 0 Å². The first kappa shape index (κ1) is 12.1. The van der Waals surface area contributed by atoms with E-state index >= 15 is 0 Å². The molecule has 3 heteroatoms. The summed E-state index contributed by atoms with van der Waals surface area (Å²) in [4.78, 5) is 11.8. The van der Waals surface area contributed by atoms with Crippen LogP contribution in [-0.2, 0) is 0 Å². The van der Waals surface area contributed by atoms with Crippen molar-refractivity contribution in [3.63, 3.8) is 0 Å². The molecule has 1 aromatic rings. The Morgan fingerprint density at radius 1 is 1.53 bits per heavy atom. The number of aromatic carboxylic acids is 1. The van der Waals surface area contributed by atoms with E-state index in [0.717, 1.165) is 17.7 Å². The van der Waals surface area contributed by atoms with E-state index in [1.807, 2.05) is 6.07 Å². The normalized spacial score (nSPS) is 12.4. The maximum atomic E-state index is 10.8. The van der Waals surface area contributed by atoms with Gasteiger partial charge in [-0.25, -0.2) is 4.79 Å². The SMILES string of the molecule is CCCC(C)Sc1cccc(C(=O)O)c1. The molecule has 0 aliphatic rings. The zero-order valence-electron chi connectivity index (χ0n) is 9.06. The van der Waals surface area contributed by atoms with Crippen molar-refractivity contribution in [2.75, 3.05) is 0 Å². The maximum absolute atomic E-state index is 10.8. The van der Waals surface area contributed by atoms with E-state index in [0.29, 0.717) is 10.8 Å². The number of carboxylic acids is 1. The fourth-order valence-corrected chi connectivity index (χ4v) is 2.57. The average molecular weight is 224 g/mol. The summed E-state index contributed by atoms with van der Waals surface area (Å²) in [5.74, 6) is -0.861. The van der Waals surface area contributed by atoms with Gasteiger partial charge in [-0.15, -0.1) is 11.8 Å². The van der Waals surface area contributed by atoms with E-state index in [4.69, 9.17) is 5.11 Å². The lowest BCUT2D eigenvalue weighted by Gasteiger charge is -2.09. The fourth-order valence-electron chi connectivity index (χ4n) is 1.40. The van der Waals surface area contributed by atoms with Crippen LogP contribution < -0.4 is 0 Å². The third-order valence-electron chi connectivity index (χ3n) is 2.11. The molecule has 1 aromatic carbocycles. The van der Waals surface area contributed by atoms with Crippen molar-refractivity contribution >= 4 is 17.7 Å². The predicted octanol–water partition coefficient (Wildman–Crippen LogP) is 3.67. The Balaban J connectivity index is 2.69. The fraction of sp³-hybridized carbons (Fsp3) is 0.417. The van der Waals surface area contributed by atoms with Gasteiger partial charge in [0.05, 0.1) is 5.56 Å². The van der Waals surface area contributed by atoms with Crippen LogP contribution in [0.2, 0.25) is 0 Å². The topological polar surface area (TPSA) is 37.3 Å². The quantitative estimate of drug-likeness (QED) is 0.775. The molecule has 1 unspecified atom stereocenters. The molecule has 0 bridgehead atoms. The molecular formula is C12H16O2S. The number of carboxylic acid groups (broad SMARTS) is 1. The van der Waals surface area contributed by atoms with Crippen molar-refractivity contribution in [1.82, 2.24) is 0 Å². The van der Waals surface area contributed by atoms with Crippen LogP contribution in [-0.4, -0.2) is 16.3 Å². The number of thioether (sulfide) groups is 1. The summed E-state index contributed by atoms with van der Waals surface area (Å²) in [6.07, 6.45) is 2.31. The lowest BCUT2D eigenvalue weighted by Crippen LogP contribution is -1.97. The van der Waals surface area contributed by atoms with Gasteiger partial charge in [-0.05, 0) is 24.6 Å². The first-order valence-electron chi connectivity index (χ1n) is 5.13. The van der Waals surface area contributed by atoms with Crippen molar-refractivity contribution in [2.45, 2.75) is 36.8 Å². The second kappa shape index (κ2) is 5.81. The van der Waals surface area contributed by atoms with Crippen LogP contribution in [0.3, 0.4) is 0 Å². The lowest BCUT2D eigenvalue weighted by atomic mass is 10.2. The Bertz CT molecular complexity index is 336. The van der Waals surface area contributed by atoms with Crippen molar-refractivity contribution < 1.29 is 9.90 Å². The number of rotatable bonds is 5. The van der Waals surface area contributed by atoms with Crippen molar-refractivity contribution in [3.05, 3.63) is 29.8 Å². The molecule has 82 valence electrons. The van der Waals surface area contributed by atoms with Gasteiger partial charge in [-0.1, -0.05) is 26.3 Å². The summed E-state index contributed by atoms with van der Waals surface area (Å²) < 4.78 is 0. The van der Waals surface area contributed by atoms with Gasteiger partial charge in [0.2, 0.25) is 0 Å². The van der Waals surface area contributed by atoms with Gasteiger partial charge in [-0.3, -0.25) is 0 Å². The minimum atomic E-state index is -0.861. The molecule has 1 rings (SSSR count). The third-order valence-corrected chi connectivity index (χ3v) is 3.28. The number of carbonyl (C=O) groups is 1. The highest BCUT2D eigenvalue weighted by molar-refractivity contribution is 7.99. The molecule has 0 fully saturated rings. The Morgan fingerprint density at radius 2 is 2.27 bits per heavy atom. The molecule has 0 amide bonds. The molecule has 2 nitrogen and oxygen atoms in total. The van der Waals surface area contributed by atoms with Gasteiger partial charge < -0.3 is 5.11 Å². The highest BCUT2D eigenvalue weighted by Gasteiger charge is 2.06. The Labute approximate surface area is 94.7 Å². The molecule has 0 heterocycles. The monoisotopic (exact) mass is 224 g/mol. The largest absolute Gasteiger partial charge is 0.478 e. The van der Waals surface area contributed by atoms with Crippen LogP contribution in [0.1, 0.15) is 37.0 Å². The van der Waals surface area contributed by atoms with Crippen LogP contribution in [0.25, 0.3) is 0 Å². The standard InChI is InChI=1S/C12H16O2S/c1-3-5-9(2)15-11-7-4-6-10(8-11)12(13)14/h4,6-9H,3,5H2,1-2H3,(H,13,14). The average Bonchev–Trinajstić information content (AvgIpc) is 2.18. The highest BCUT2D eigenvalue weighted by atomic mass is 32.2. The van der Waals surface area contributed by atoms with Gasteiger partial charge >= 0.3 is 5.97 Å². The van der Waals surface area contributed by atoms with Crippen LogP contribution in [0, 0.1) is 0 Å². The van der Waals surface area contributed by atoms with Crippen LogP contribution in [0.15, 0.2) is 29.2 Å². The van der Waals surface area contributed by atoms with E-state index in [2.05, 4.69) is 13.8 Å². The van der Waals surface area contributed by atoms with Crippen LogP contribution in [0.5, 0.6) is 0 Å². The van der Waals surface area contributed by atoms with Gasteiger partial charge in [0.15, 0.2) is 0 Å². The molecule has 0 radical (unpaired) electrons. The summed E-state index contributed by atoms with van der Waals surface area (Å²) in [5.41, 5.74) is 0.365. The Hall–Kier alpha value is -0.960. The summed E-state index contributed by atoms with van der Waals surface area (Å²) >= 11 is 1.74. The van der Waals surface area contributed by atoms with Crippen molar-refractivity contribution in [2.24, 2.45) is 0 Å². The van der Waals surface area contributed by atoms with E-state index in [1.165, 1.54) is 0 Å². The van der Waals surface area contributed by atoms with Gasteiger partial charge in [-0.2, -0.15) is 0 Å². The highest BCUT2D eigenvalue weighted by Crippen LogP contribution is 2.26. The molecule has 1 atom stereocenters.